The van der Waals surface area contributed by atoms with Crippen LogP contribution in [0.25, 0.3) is 114 Å². The summed E-state index contributed by atoms with van der Waals surface area (Å²) in [5.41, 5.74) is 17.6. The zero-order valence-corrected chi connectivity index (χ0v) is 33.7. The molecule has 4 heterocycles. The molecule has 60 heavy (non-hydrogen) atoms. The number of nitrogens with zero attached hydrogens (tertiary/aromatic N) is 3. The van der Waals surface area contributed by atoms with Crippen molar-refractivity contribution in [1.29, 1.82) is 0 Å². The van der Waals surface area contributed by atoms with Crippen LogP contribution in [0, 0.1) is 0 Å². The number of furan rings is 1. The number of aromatic nitrogens is 3. The van der Waals surface area contributed by atoms with E-state index in [1.807, 2.05) is 11.3 Å². The van der Waals surface area contributed by atoms with E-state index in [9.17, 15) is 0 Å². The summed E-state index contributed by atoms with van der Waals surface area (Å²) < 4.78 is 11.6. The van der Waals surface area contributed by atoms with Gasteiger partial charge < -0.3 is 8.98 Å². The summed E-state index contributed by atoms with van der Waals surface area (Å²) in [6, 6.07) is 61.8. The zero-order chi connectivity index (χ0) is 39.7. The lowest BCUT2D eigenvalue weighted by molar-refractivity contribution is 0.661. The van der Waals surface area contributed by atoms with Crippen molar-refractivity contribution in [2.45, 2.75) is 19.3 Å². The lowest BCUT2D eigenvalue weighted by Crippen LogP contribution is -2.14. The predicted molar refractivity (Wildman–Crippen MR) is 250 cm³/mol. The van der Waals surface area contributed by atoms with Crippen molar-refractivity contribution in [3.8, 4) is 50.3 Å². The van der Waals surface area contributed by atoms with Gasteiger partial charge in [0, 0.05) is 53.0 Å². The topological polar surface area (TPSA) is 43.9 Å². The van der Waals surface area contributed by atoms with E-state index in [0.717, 1.165) is 50.1 Å². The molecule has 12 aromatic rings. The van der Waals surface area contributed by atoms with Gasteiger partial charge in [0.2, 0.25) is 0 Å². The lowest BCUT2D eigenvalue weighted by atomic mass is 9.82. The fraction of sp³-hybridized carbons (Fsp3) is 0.0545. The van der Waals surface area contributed by atoms with E-state index in [-0.39, 0.29) is 5.41 Å². The molecule has 0 fully saturated rings. The molecule has 0 saturated heterocycles. The van der Waals surface area contributed by atoms with Gasteiger partial charge in [-0.25, -0.2) is 9.97 Å². The van der Waals surface area contributed by atoms with Crippen molar-refractivity contribution in [3.05, 3.63) is 187 Å². The predicted octanol–water partition coefficient (Wildman–Crippen LogP) is 15.1. The van der Waals surface area contributed by atoms with E-state index >= 15 is 0 Å². The van der Waals surface area contributed by atoms with Gasteiger partial charge in [0.15, 0.2) is 5.58 Å². The number of thiophene rings is 1. The molecule has 0 unspecified atom stereocenters. The van der Waals surface area contributed by atoms with Crippen molar-refractivity contribution in [2.75, 3.05) is 0 Å². The molecule has 13 rings (SSSR count). The minimum absolute atomic E-state index is 0.0907. The number of para-hydroxylation sites is 1. The van der Waals surface area contributed by atoms with Crippen LogP contribution < -0.4 is 0 Å². The van der Waals surface area contributed by atoms with Crippen molar-refractivity contribution < 1.29 is 4.42 Å². The Morgan fingerprint density at radius 2 is 1.25 bits per heavy atom. The van der Waals surface area contributed by atoms with Gasteiger partial charge in [-0.15, -0.1) is 11.3 Å². The second kappa shape index (κ2) is 12.3. The molecule has 1 aliphatic rings. The normalized spacial score (nSPS) is 13.3. The van der Waals surface area contributed by atoms with Gasteiger partial charge in [-0.2, -0.15) is 0 Å². The molecule has 282 valence electrons. The van der Waals surface area contributed by atoms with Gasteiger partial charge in [0.25, 0.3) is 0 Å². The third-order valence-corrected chi connectivity index (χ3v) is 14.1. The Hall–Kier alpha value is -7.34. The zero-order valence-electron chi connectivity index (χ0n) is 32.9. The monoisotopic (exact) mass is 785 g/mol. The van der Waals surface area contributed by atoms with Crippen LogP contribution in [0.2, 0.25) is 0 Å². The first-order valence-corrected chi connectivity index (χ1v) is 21.3. The minimum Gasteiger partial charge on any atom is -0.452 e. The van der Waals surface area contributed by atoms with Gasteiger partial charge in [-0.1, -0.05) is 129 Å². The maximum absolute atomic E-state index is 6.61. The Morgan fingerprint density at radius 3 is 2.20 bits per heavy atom. The van der Waals surface area contributed by atoms with Gasteiger partial charge in [-0.05, 0) is 99.1 Å². The van der Waals surface area contributed by atoms with Gasteiger partial charge in [0.1, 0.15) is 23.1 Å². The second-order valence-electron chi connectivity index (χ2n) is 16.6. The van der Waals surface area contributed by atoms with Crippen LogP contribution in [-0.2, 0) is 5.41 Å². The number of hydrogen-bond donors (Lipinski definition) is 0. The number of fused-ring (bicyclic) bond motifs is 12. The first-order valence-electron chi connectivity index (χ1n) is 20.5. The average molecular weight is 786 g/mol. The molecule has 0 atom stereocenters. The largest absolute Gasteiger partial charge is 0.452 e. The van der Waals surface area contributed by atoms with E-state index in [1.54, 1.807) is 6.33 Å². The maximum Gasteiger partial charge on any atom is 0.180 e. The summed E-state index contributed by atoms with van der Waals surface area (Å²) in [6.45, 7) is 4.71. The molecule has 0 aliphatic heterocycles. The highest BCUT2D eigenvalue weighted by Crippen LogP contribution is 2.51. The molecular weight excluding hydrogens is 751 g/mol. The molecule has 0 amide bonds. The van der Waals surface area contributed by atoms with Crippen molar-refractivity contribution >= 4 is 75.4 Å². The Labute approximate surface area is 349 Å². The van der Waals surface area contributed by atoms with Crippen LogP contribution >= 0.6 is 11.3 Å². The van der Waals surface area contributed by atoms with Crippen LogP contribution in [0.4, 0.5) is 0 Å². The summed E-state index contributed by atoms with van der Waals surface area (Å²) in [5.74, 6) is 0. The van der Waals surface area contributed by atoms with E-state index in [0.29, 0.717) is 5.58 Å². The summed E-state index contributed by atoms with van der Waals surface area (Å²) in [5, 5.41) is 6.08. The fourth-order valence-electron chi connectivity index (χ4n) is 10.0. The third-order valence-electron chi connectivity index (χ3n) is 12.9. The highest BCUT2D eigenvalue weighted by atomic mass is 32.1. The van der Waals surface area contributed by atoms with Crippen LogP contribution in [0.1, 0.15) is 25.0 Å². The quantitative estimate of drug-likeness (QED) is 0.178. The Bertz CT molecular complexity index is 3770. The minimum atomic E-state index is -0.0907. The molecule has 4 aromatic heterocycles. The first-order chi connectivity index (χ1) is 29.5. The molecule has 8 aromatic carbocycles. The van der Waals surface area contributed by atoms with Crippen LogP contribution in [0.15, 0.2) is 181 Å². The van der Waals surface area contributed by atoms with E-state index in [4.69, 9.17) is 14.4 Å². The fourth-order valence-corrected chi connectivity index (χ4v) is 11.3. The SMILES string of the molecule is CC1(C)c2ccccc2-c2cc3c4ccccc4n(-c4cccc(-c5ccc6oc7c(-c8cccc(-c9cccc%10c9sc9ccccc9%10)c8)ncnc7c6c5)c4)c3cc21. The molecule has 5 heteroatoms. The smallest absolute Gasteiger partial charge is 0.180 e. The molecule has 0 bridgehead atoms. The molecule has 1 aliphatic carbocycles. The lowest BCUT2D eigenvalue weighted by Gasteiger charge is -2.21. The van der Waals surface area contributed by atoms with Crippen LogP contribution in [0.3, 0.4) is 0 Å². The summed E-state index contributed by atoms with van der Waals surface area (Å²) in [7, 11) is 0. The van der Waals surface area contributed by atoms with E-state index in [2.05, 4.69) is 188 Å². The van der Waals surface area contributed by atoms with Gasteiger partial charge in [-0.3, -0.25) is 0 Å². The van der Waals surface area contributed by atoms with Crippen LogP contribution in [0.5, 0.6) is 0 Å². The van der Waals surface area contributed by atoms with Gasteiger partial charge >= 0.3 is 0 Å². The molecule has 0 radical (unpaired) electrons. The van der Waals surface area contributed by atoms with Crippen LogP contribution in [-0.4, -0.2) is 14.5 Å². The molecule has 0 N–H and O–H groups in total. The standard InChI is InChI=1S/C55H35N3OS/c1-55(2)45-21-6-3-16-38(45)42-29-43-39-17-4-7-22-47(39)58(48(43)30-46(42)55)36-15-10-12-32(27-36)33-24-25-49-44(28-33)52-53(59-49)51(56-31-57-52)35-14-9-13-34(26-35)37-19-11-20-41-40-18-5-8-23-50(40)60-54(37)41/h3-31H,1-2H3. The second-order valence-corrected chi connectivity index (χ2v) is 17.6. The third kappa shape index (κ3) is 4.72. The van der Waals surface area contributed by atoms with Crippen molar-refractivity contribution in [1.82, 2.24) is 14.5 Å². The first kappa shape index (κ1) is 33.6. The average Bonchev–Trinajstić information content (AvgIpc) is 4.02. The van der Waals surface area contributed by atoms with E-state index < -0.39 is 0 Å². The highest BCUT2D eigenvalue weighted by molar-refractivity contribution is 7.26. The Balaban J connectivity index is 0.918. The van der Waals surface area contributed by atoms with Crippen molar-refractivity contribution in [3.63, 3.8) is 0 Å². The molecule has 0 saturated carbocycles. The summed E-state index contributed by atoms with van der Waals surface area (Å²) in [4.78, 5) is 9.62. The number of benzene rings is 8. The molecular formula is C55H35N3OS. The highest BCUT2D eigenvalue weighted by Gasteiger charge is 2.36. The van der Waals surface area contributed by atoms with Gasteiger partial charge in [0.05, 0.1) is 11.0 Å². The van der Waals surface area contributed by atoms with E-state index in [1.165, 1.54) is 69.8 Å². The maximum atomic E-state index is 6.61. The number of hydrogen-bond acceptors (Lipinski definition) is 4. The summed E-state index contributed by atoms with van der Waals surface area (Å²) in [6.07, 6.45) is 1.66. The Morgan fingerprint density at radius 1 is 0.500 bits per heavy atom. The Kier molecular flexibility index (Phi) is 6.91. The molecule has 0 spiro atoms. The molecule has 4 nitrogen and oxygen atoms in total. The number of rotatable bonds is 4. The van der Waals surface area contributed by atoms with Crippen molar-refractivity contribution in [2.24, 2.45) is 0 Å². The summed E-state index contributed by atoms with van der Waals surface area (Å²) >= 11 is 1.85.